The van der Waals surface area contributed by atoms with Gasteiger partial charge in [0.25, 0.3) is 5.91 Å². The first kappa shape index (κ1) is 20.7. The normalized spacial score (nSPS) is 14.5. The molecule has 3 aromatic rings. The summed E-state index contributed by atoms with van der Waals surface area (Å²) in [7, 11) is 0. The first-order chi connectivity index (χ1) is 13.8. The average molecular weight is 561 g/mol. The number of rotatable bonds is 2. The van der Waals surface area contributed by atoms with E-state index in [1.54, 1.807) is 23.1 Å². The molecule has 0 bridgehead atoms. The number of carbonyl (C=O) groups excluding carboxylic acids is 1. The van der Waals surface area contributed by atoms with Crippen molar-refractivity contribution in [3.8, 4) is 0 Å². The molecule has 0 unspecified atom stereocenters. The van der Waals surface area contributed by atoms with Gasteiger partial charge in [-0.15, -0.1) is 0 Å². The number of piperazine rings is 1. The molecule has 1 saturated heterocycles. The Morgan fingerprint density at radius 1 is 0.966 bits per heavy atom. The first-order valence-corrected chi connectivity index (χ1v) is 11.1. The van der Waals surface area contributed by atoms with Crippen molar-refractivity contribution < 1.29 is 9.21 Å². The number of carbonyl (C=O) groups is 1. The summed E-state index contributed by atoms with van der Waals surface area (Å²) in [5.41, 5.74) is 0.758. The third-order valence-electron chi connectivity index (χ3n) is 4.82. The Labute approximate surface area is 193 Å². The van der Waals surface area contributed by atoms with Crippen molar-refractivity contribution in [1.29, 1.82) is 0 Å². The van der Waals surface area contributed by atoms with E-state index in [0.717, 1.165) is 10.2 Å². The molecule has 0 atom stereocenters. The van der Waals surface area contributed by atoms with Crippen LogP contribution in [0, 0.1) is 0 Å². The molecule has 1 aliphatic rings. The second-order valence-corrected chi connectivity index (χ2v) is 9.22. The topological polar surface area (TPSA) is 53.8 Å². The molecule has 1 aromatic heterocycles. The second-order valence-electron chi connectivity index (χ2n) is 6.63. The monoisotopic (exact) mass is 558 g/mol. The zero-order valence-corrected chi connectivity index (χ0v) is 19.6. The van der Waals surface area contributed by atoms with Gasteiger partial charge in [-0.25, -0.2) is 4.79 Å². The van der Waals surface area contributed by atoms with Crippen LogP contribution in [-0.4, -0.2) is 37.0 Å². The van der Waals surface area contributed by atoms with Crippen molar-refractivity contribution in [3.05, 3.63) is 71.4 Å². The predicted octanol–water partition coefficient (Wildman–Crippen LogP) is 5.59. The Balaban J connectivity index is 1.54. The summed E-state index contributed by atoms with van der Waals surface area (Å²) in [5.74, 6) is -0.328. The third kappa shape index (κ3) is 4.19. The van der Waals surface area contributed by atoms with Crippen LogP contribution < -0.4 is 10.5 Å². The van der Waals surface area contributed by atoms with E-state index >= 15 is 0 Å². The highest BCUT2D eigenvalue weighted by Crippen LogP contribution is 2.29. The number of anilines is 1. The van der Waals surface area contributed by atoms with Gasteiger partial charge in [0.15, 0.2) is 5.58 Å². The molecule has 2 heterocycles. The van der Waals surface area contributed by atoms with Gasteiger partial charge in [-0.3, -0.25) is 4.79 Å². The molecule has 0 spiro atoms. The Kier molecular flexibility index (Phi) is 5.93. The third-order valence-corrected chi connectivity index (χ3v) is 6.60. The van der Waals surface area contributed by atoms with Gasteiger partial charge in [0, 0.05) is 41.7 Å². The molecule has 29 heavy (non-hydrogen) atoms. The Bertz CT molecular complexity index is 1170. The van der Waals surface area contributed by atoms with Crippen LogP contribution in [0.1, 0.15) is 10.4 Å². The van der Waals surface area contributed by atoms with E-state index in [4.69, 9.17) is 27.6 Å². The molecule has 9 heteroatoms. The highest BCUT2D eigenvalue weighted by molar-refractivity contribution is 9.11. The molecule has 1 aliphatic heterocycles. The largest absolute Gasteiger partial charge is 0.421 e. The van der Waals surface area contributed by atoms with Crippen LogP contribution in [0.15, 0.2) is 54.6 Å². The lowest BCUT2D eigenvalue weighted by atomic mass is 10.1. The van der Waals surface area contributed by atoms with E-state index in [-0.39, 0.29) is 11.5 Å². The van der Waals surface area contributed by atoms with Crippen LogP contribution in [0.3, 0.4) is 0 Å². The second kappa shape index (κ2) is 8.30. The summed E-state index contributed by atoms with van der Waals surface area (Å²) < 4.78 is 6.86. The van der Waals surface area contributed by atoms with Crippen LogP contribution in [0.2, 0.25) is 10.0 Å². The molecule has 2 aromatic carbocycles. The van der Waals surface area contributed by atoms with E-state index in [0.29, 0.717) is 51.7 Å². The number of hydrogen-bond acceptors (Lipinski definition) is 4. The van der Waals surface area contributed by atoms with Gasteiger partial charge < -0.3 is 14.2 Å². The minimum absolute atomic E-state index is 0.0329. The van der Waals surface area contributed by atoms with Crippen molar-refractivity contribution in [1.82, 2.24) is 4.90 Å². The highest BCUT2D eigenvalue weighted by atomic mass is 79.9. The zero-order chi connectivity index (χ0) is 20.7. The predicted molar refractivity (Wildman–Crippen MR) is 122 cm³/mol. The molecule has 0 N–H and O–H groups in total. The Morgan fingerprint density at radius 3 is 2.38 bits per heavy atom. The molecular weight excluding hydrogens is 547 g/mol. The summed E-state index contributed by atoms with van der Waals surface area (Å²) in [6.07, 6.45) is 0. The smallest absolute Gasteiger partial charge is 0.349 e. The molecule has 1 amide bonds. The molecular formula is C20H14Br2Cl2N2O3. The lowest BCUT2D eigenvalue weighted by Crippen LogP contribution is -2.49. The molecule has 0 radical (unpaired) electrons. The first-order valence-electron chi connectivity index (χ1n) is 8.75. The van der Waals surface area contributed by atoms with E-state index in [1.807, 2.05) is 18.2 Å². The van der Waals surface area contributed by atoms with Crippen molar-refractivity contribution in [2.45, 2.75) is 0 Å². The maximum Gasteiger partial charge on any atom is 0.349 e. The minimum atomic E-state index is -0.641. The van der Waals surface area contributed by atoms with Crippen molar-refractivity contribution in [2.75, 3.05) is 31.1 Å². The fraction of sp³-hybridized carbons (Fsp3) is 0.200. The van der Waals surface area contributed by atoms with E-state index in [9.17, 15) is 9.59 Å². The van der Waals surface area contributed by atoms with Gasteiger partial charge >= 0.3 is 5.63 Å². The summed E-state index contributed by atoms with van der Waals surface area (Å²) >= 11 is 18.9. The van der Waals surface area contributed by atoms with Gasteiger partial charge in [-0.2, -0.15) is 0 Å². The van der Waals surface area contributed by atoms with Crippen molar-refractivity contribution >= 4 is 77.6 Å². The van der Waals surface area contributed by atoms with Crippen LogP contribution >= 0.6 is 55.1 Å². The highest BCUT2D eigenvalue weighted by Gasteiger charge is 2.25. The average Bonchev–Trinajstić information content (AvgIpc) is 2.70. The summed E-state index contributed by atoms with van der Waals surface area (Å²) in [5, 5.41) is 1.67. The van der Waals surface area contributed by atoms with Gasteiger partial charge in [-0.05, 0) is 52.3 Å². The van der Waals surface area contributed by atoms with E-state index in [1.165, 1.54) is 0 Å². The molecule has 5 nitrogen and oxygen atoms in total. The maximum atomic E-state index is 13.0. The van der Waals surface area contributed by atoms with Gasteiger partial charge in [0.2, 0.25) is 0 Å². The van der Waals surface area contributed by atoms with Crippen molar-refractivity contribution in [2.24, 2.45) is 0 Å². The maximum absolute atomic E-state index is 13.0. The van der Waals surface area contributed by atoms with Crippen LogP contribution in [0.5, 0.6) is 0 Å². The molecule has 0 aliphatic carbocycles. The van der Waals surface area contributed by atoms with Crippen LogP contribution in [0.25, 0.3) is 11.0 Å². The summed E-state index contributed by atoms with van der Waals surface area (Å²) in [6, 6.07) is 10.7. The zero-order valence-electron chi connectivity index (χ0n) is 14.9. The fourth-order valence-electron chi connectivity index (χ4n) is 3.33. The van der Waals surface area contributed by atoms with Crippen LogP contribution in [0.4, 0.5) is 5.69 Å². The molecule has 4 rings (SSSR count). The number of amides is 1. The Hall–Kier alpha value is -1.54. The number of halogens is 4. The SMILES string of the molecule is O=C(c1cc2cc(Br)cc(Br)c2oc1=O)N1CCN(c2ccc(Cl)c(Cl)c2)CC1. The quantitative estimate of drug-likeness (QED) is 0.384. The van der Waals surface area contributed by atoms with Gasteiger partial charge in [0.1, 0.15) is 5.56 Å². The number of fused-ring (bicyclic) bond motifs is 1. The standard InChI is InChI=1S/C20H14Br2Cl2N2O3/c21-12-7-11-8-14(20(28)29-18(11)15(22)9-12)19(27)26-5-3-25(4-6-26)13-1-2-16(23)17(24)10-13/h1-2,7-10H,3-6H2. The molecule has 1 fully saturated rings. The number of hydrogen-bond donors (Lipinski definition) is 0. The lowest BCUT2D eigenvalue weighted by molar-refractivity contribution is 0.0742. The summed E-state index contributed by atoms with van der Waals surface area (Å²) in [6.45, 7) is 2.22. The van der Waals surface area contributed by atoms with Crippen molar-refractivity contribution in [3.63, 3.8) is 0 Å². The van der Waals surface area contributed by atoms with Gasteiger partial charge in [0.05, 0.1) is 14.5 Å². The fourth-order valence-corrected chi connectivity index (χ4v) is 4.96. The summed E-state index contributed by atoms with van der Waals surface area (Å²) in [4.78, 5) is 29.2. The van der Waals surface area contributed by atoms with Crippen LogP contribution in [-0.2, 0) is 0 Å². The number of nitrogens with zero attached hydrogens (tertiary/aromatic N) is 2. The van der Waals surface area contributed by atoms with Gasteiger partial charge in [-0.1, -0.05) is 39.1 Å². The van der Waals surface area contributed by atoms with E-state index < -0.39 is 5.63 Å². The molecule has 0 saturated carbocycles. The van der Waals surface area contributed by atoms with E-state index in [2.05, 4.69) is 36.8 Å². The Morgan fingerprint density at radius 2 is 1.69 bits per heavy atom. The minimum Gasteiger partial charge on any atom is -0.421 e. The molecule has 150 valence electrons. The lowest BCUT2D eigenvalue weighted by Gasteiger charge is -2.36. The number of benzene rings is 2.